The molecule has 0 aromatic carbocycles. The second-order valence-corrected chi connectivity index (χ2v) is 5.67. The minimum absolute atomic E-state index is 0.0640. The van der Waals surface area contributed by atoms with Gasteiger partial charge in [-0.2, -0.15) is 10.2 Å². The molecule has 0 spiro atoms. The number of rotatable bonds is 4. The summed E-state index contributed by atoms with van der Waals surface area (Å²) in [5.74, 6) is -0.149. The van der Waals surface area contributed by atoms with Gasteiger partial charge in [0.2, 0.25) is 5.95 Å². The normalized spacial score (nSPS) is 17.5. The first-order valence-corrected chi connectivity index (χ1v) is 7.48. The molecule has 124 valence electrons. The van der Waals surface area contributed by atoms with Gasteiger partial charge in [0, 0.05) is 19.6 Å². The second kappa shape index (κ2) is 6.49. The number of aromatic carboxylic acids is 1. The summed E-state index contributed by atoms with van der Waals surface area (Å²) in [5.41, 5.74) is 5.95. The first-order valence-electron chi connectivity index (χ1n) is 7.48. The lowest BCUT2D eigenvalue weighted by Gasteiger charge is -2.32. The molecule has 1 fully saturated rings. The molecule has 0 saturated carbocycles. The minimum Gasteiger partial charge on any atom is -0.476 e. The van der Waals surface area contributed by atoms with Gasteiger partial charge in [-0.1, -0.05) is 5.21 Å². The molecule has 3 N–H and O–H groups in total. The van der Waals surface area contributed by atoms with E-state index in [1.807, 2.05) is 11.0 Å². The molecular formula is C14H16N8O2. The Balaban J connectivity index is 1.68. The van der Waals surface area contributed by atoms with E-state index < -0.39 is 5.97 Å². The average molecular weight is 328 g/mol. The number of nitrogens with zero attached hydrogens (tertiary/aromatic N) is 7. The third-order valence-electron chi connectivity index (χ3n) is 3.93. The monoisotopic (exact) mass is 328 g/mol. The Bertz CT molecular complexity index is 796. The second-order valence-electron chi connectivity index (χ2n) is 5.67. The fourth-order valence-corrected chi connectivity index (χ4v) is 2.77. The van der Waals surface area contributed by atoms with Crippen LogP contribution in [0, 0.1) is 17.2 Å². The van der Waals surface area contributed by atoms with Crippen LogP contribution in [0.25, 0.3) is 0 Å². The minimum atomic E-state index is -1.09. The maximum atomic E-state index is 10.9. The van der Waals surface area contributed by atoms with Crippen LogP contribution < -0.4 is 10.6 Å². The van der Waals surface area contributed by atoms with Gasteiger partial charge in [0.1, 0.15) is 17.5 Å². The van der Waals surface area contributed by atoms with E-state index in [1.165, 1.54) is 12.4 Å². The average Bonchev–Trinajstić information content (AvgIpc) is 3.04. The van der Waals surface area contributed by atoms with Crippen LogP contribution in [0.5, 0.6) is 0 Å². The lowest BCUT2D eigenvalue weighted by molar-refractivity contribution is 0.0690. The zero-order chi connectivity index (χ0) is 17.1. The summed E-state index contributed by atoms with van der Waals surface area (Å²) < 4.78 is 1.55. The Morgan fingerprint density at radius 2 is 2.38 bits per heavy atom. The number of carboxylic acids is 1. The molecule has 10 heteroatoms. The maximum Gasteiger partial charge on any atom is 0.358 e. The highest BCUT2D eigenvalue weighted by Gasteiger charge is 2.23. The number of hydrogen-bond acceptors (Lipinski definition) is 8. The predicted octanol–water partition coefficient (Wildman–Crippen LogP) is 0.137. The molecule has 3 rings (SSSR count). The van der Waals surface area contributed by atoms with Crippen LogP contribution in [0.1, 0.15) is 28.9 Å². The van der Waals surface area contributed by atoms with Crippen LogP contribution >= 0.6 is 0 Å². The summed E-state index contributed by atoms with van der Waals surface area (Å²) >= 11 is 0. The molecule has 1 aliphatic heterocycles. The van der Waals surface area contributed by atoms with E-state index in [9.17, 15) is 4.79 Å². The molecule has 0 radical (unpaired) electrons. The van der Waals surface area contributed by atoms with Crippen LogP contribution in [-0.2, 0) is 6.54 Å². The first-order chi connectivity index (χ1) is 11.6. The fourth-order valence-electron chi connectivity index (χ4n) is 2.77. The summed E-state index contributed by atoms with van der Waals surface area (Å²) in [4.78, 5) is 21.3. The van der Waals surface area contributed by atoms with Crippen LogP contribution in [-0.4, -0.2) is 49.1 Å². The highest BCUT2D eigenvalue weighted by atomic mass is 16.4. The van der Waals surface area contributed by atoms with Crippen molar-refractivity contribution in [2.75, 3.05) is 23.7 Å². The van der Waals surface area contributed by atoms with Gasteiger partial charge in [0.25, 0.3) is 0 Å². The number of carbonyl (C=O) groups is 1. The summed E-state index contributed by atoms with van der Waals surface area (Å²) in [6, 6.07) is 1.94. The van der Waals surface area contributed by atoms with Gasteiger partial charge in [0.15, 0.2) is 5.69 Å². The van der Waals surface area contributed by atoms with Crippen molar-refractivity contribution in [3.05, 3.63) is 23.7 Å². The van der Waals surface area contributed by atoms with Gasteiger partial charge in [-0.25, -0.2) is 9.78 Å². The zero-order valence-electron chi connectivity index (χ0n) is 12.8. The van der Waals surface area contributed by atoms with Crippen molar-refractivity contribution in [1.82, 2.24) is 25.0 Å². The number of hydrogen-bond donors (Lipinski definition) is 2. The van der Waals surface area contributed by atoms with Crippen LogP contribution in [0.2, 0.25) is 0 Å². The van der Waals surface area contributed by atoms with E-state index >= 15 is 0 Å². The molecule has 1 atom stereocenters. The van der Waals surface area contributed by atoms with Crippen molar-refractivity contribution >= 4 is 17.7 Å². The van der Waals surface area contributed by atoms with Crippen LogP contribution in [0.15, 0.2) is 12.4 Å². The highest BCUT2D eigenvalue weighted by Crippen LogP contribution is 2.22. The summed E-state index contributed by atoms with van der Waals surface area (Å²) in [7, 11) is 0. The van der Waals surface area contributed by atoms with E-state index in [1.54, 1.807) is 4.68 Å². The molecular weight excluding hydrogens is 312 g/mol. The van der Waals surface area contributed by atoms with Crippen molar-refractivity contribution in [1.29, 1.82) is 5.26 Å². The Morgan fingerprint density at radius 3 is 3.04 bits per heavy atom. The lowest BCUT2D eigenvalue weighted by Crippen LogP contribution is -2.38. The topological polar surface area (TPSA) is 147 Å². The fraction of sp³-hybridized carbons (Fsp3) is 0.429. The molecule has 0 bridgehead atoms. The molecule has 0 aliphatic carbocycles. The van der Waals surface area contributed by atoms with Crippen molar-refractivity contribution in [3.8, 4) is 6.07 Å². The largest absolute Gasteiger partial charge is 0.476 e. The summed E-state index contributed by atoms with van der Waals surface area (Å²) in [5, 5.41) is 25.2. The summed E-state index contributed by atoms with van der Waals surface area (Å²) in [6.45, 7) is 2.08. The number of nitrogens with two attached hydrogens (primary N) is 1. The number of aromatic nitrogens is 5. The Kier molecular flexibility index (Phi) is 4.24. The molecule has 1 unspecified atom stereocenters. The molecule has 1 saturated heterocycles. The third kappa shape index (κ3) is 3.24. The van der Waals surface area contributed by atoms with Gasteiger partial charge in [0.05, 0.1) is 12.4 Å². The van der Waals surface area contributed by atoms with Gasteiger partial charge >= 0.3 is 5.97 Å². The van der Waals surface area contributed by atoms with Gasteiger partial charge in [-0.3, -0.25) is 4.68 Å². The molecule has 10 nitrogen and oxygen atoms in total. The van der Waals surface area contributed by atoms with Crippen molar-refractivity contribution in [2.24, 2.45) is 5.92 Å². The lowest BCUT2D eigenvalue weighted by atomic mass is 9.98. The van der Waals surface area contributed by atoms with Crippen molar-refractivity contribution < 1.29 is 9.90 Å². The third-order valence-corrected chi connectivity index (χ3v) is 3.93. The molecule has 1 aliphatic rings. The Hall–Kier alpha value is -3.22. The standard InChI is InChI=1S/C14H16N8O2/c15-4-10-5-17-14(18-12(10)16)21-3-1-2-9(6-21)7-22-8-11(13(23)24)19-20-22/h5,8-9H,1-3,6-7H2,(H,23,24)(H2,16,17,18). The Morgan fingerprint density at radius 1 is 1.54 bits per heavy atom. The van der Waals surface area contributed by atoms with Crippen LogP contribution in [0.4, 0.5) is 11.8 Å². The highest BCUT2D eigenvalue weighted by molar-refractivity contribution is 5.84. The van der Waals surface area contributed by atoms with E-state index in [0.717, 1.165) is 19.4 Å². The maximum absolute atomic E-state index is 10.9. The smallest absolute Gasteiger partial charge is 0.358 e. The van der Waals surface area contributed by atoms with Gasteiger partial charge < -0.3 is 15.7 Å². The van der Waals surface area contributed by atoms with E-state index in [4.69, 9.17) is 16.1 Å². The number of nitriles is 1. The van der Waals surface area contributed by atoms with Crippen molar-refractivity contribution in [2.45, 2.75) is 19.4 Å². The van der Waals surface area contributed by atoms with E-state index in [-0.39, 0.29) is 23.0 Å². The molecule has 2 aromatic rings. The van der Waals surface area contributed by atoms with Crippen molar-refractivity contribution in [3.63, 3.8) is 0 Å². The number of piperidine rings is 1. The number of carboxylic acid groups (broad SMARTS) is 1. The van der Waals surface area contributed by atoms with Gasteiger partial charge in [-0.05, 0) is 18.8 Å². The molecule has 0 amide bonds. The molecule has 3 heterocycles. The SMILES string of the molecule is N#Cc1cnc(N2CCCC(Cn3cc(C(=O)O)nn3)C2)nc1N. The molecule has 2 aromatic heterocycles. The molecule has 24 heavy (non-hydrogen) atoms. The summed E-state index contributed by atoms with van der Waals surface area (Å²) in [6.07, 6.45) is 4.80. The van der Waals surface area contributed by atoms with Gasteiger partial charge in [-0.15, -0.1) is 5.10 Å². The van der Waals surface area contributed by atoms with Crippen LogP contribution in [0.3, 0.4) is 0 Å². The number of nitrogen functional groups attached to an aromatic ring is 1. The van der Waals surface area contributed by atoms with E-state index in [2.05, 4.69) is 20.3 Å². The predicted molar refractivity (Wildman–Crippen MR) is 83.1 cm³/mol. The number of anilines is 2. The zero-order valence-corrected chi connectivity index (χ0v) is 12.8. The first kappa shape index (κ1) is 15.7. The Labute approximate surface area is 137 Å². The quantitative estimate of drug-likeness (QED) is 0.799. The van der Waals surface area contributed by atoms with E-state index in [0.29, 0.717) is 19.0 Å².